The highest BCUT2D eigenvalue weighted by molar-refractivity contribution is 6.32. The molecule has 1 aliphatic rings. The third-order valence-electron chi connectivity index (χ3n) is 5.40. The summed E-state index contributed by atoms with van der Waals surface area (Å²) in [6.45, 7) is 1.66. The Morgan fingerprint density at radius 3 is 2.59 bits per heavy atom. The van der Waals surface area contributed by atoms with Crippen molar-refractivity contribution in [2.45, 2.75) is 19.3 Å². The number of likely N-dealkylation sites (tertiary alicyclic amines) is 1. The van der Waals surface area contributed by atoms with E-state index in [2.05, 4.69) is 10.6 Å². The van der Waals surface area contributed by atoms with E-state index >= 15 is 0 Å². The largest absolute Gasteiger partial charge is 0.356 e. The number of nitro benzene ring substituents is 1. The molecule has 1 aliphatic heterocycles. The van der Waals surface area contributed by atoms with Crippen molar-refractivity contribution in [2.24, 2.45) is 5.92 Å². The number of nitrogens with zero attached hydrogens (tertiary/aromatic N) is 2. The van der Waals surface area contributed by atoms with Gasteiger partial charge in [-0.25, -0.2) is 4.39 Å². The molecule has 1 heterocycles. The average molecular weight is 463 g/mol. The maximum atomic E-state index is 13.6. The first-order chi connectivity index (χ1) is 15.3. The fourth-order valence-corrected chi connectivity index (χ4v) is 3.84. The predicted octanol–water partition coefficient (Wildman–Crippen LogP) is 3.40. The average Bonchev–Trinajstić information content (AvgIpc) is 2.76. The zero-order valence-electron chi connectivity index (χ0n) is 17.4. The van der Waals surface area contributed by atoms with E-state index in [1.807, 2.05) is 4.90 Å². The van der Waals surface area contributed by atoms with E-state index in [-0.39, 0.29) is 40.8 Å². The van der Waals surface area contributed by atoms with E-state index in [0.717, 1.165) is 0 Å². The van der Waals surface area contributed by atoms with Crippen LogP contribution >= 0.6 is 11.6 Å². The summed E-state index contributed by atoms with van der Waals surface area (Å²) >= 11 is 5.78. The number of carbonyl (C=O) groups excluding carboxylic acids is 2. The molecule has 1 fully saturated rings. The Morgan fingerprint density at radius 2 is 1.91 bits per heavy atom. The summed E-state index contributed by atoms with van der Waals surface area (Å²) < 4.78 is 13.6. The molecule has 2 aromatic carbocycles. The van der Waals surface area contributed by atoms with Crippen molar-refractivity contribution >= 4 is 34.8 Å². The molecule has 0 atom stereocenters. The lowest BCUT2D eigenvalue weighted by Crippen LogP contribution is -2.43. The van der Waals surface area contributed by atoms with Crippen molar-refractivity contribution < 1.29 is 18.9 Å². The number of hydrogen-bond donors (Lipinski definition) is 2. The molecule has 32 heavy (non-hydrogen) atoms. The van der Waals surface area contributed by atoms with E-state index in [0.29, 0.717) is 50.1 Å². The molecule has 0 bridgehead atoms. The van der Waals surface area contributed by atoms with Crippen LogP contribution in [0.25, 0.3) is 0 Å². The van der Waals surface area contributed by atoms with E-state index in [4.69, 9.17) is 11.6 Å². The molecule has 1 saturated heterocycles. The highest BCUT2D eigenvalue weighted by atomic mass is 35.5. The lowest BCUT2D eigenvalue weighted by Gasteiger charge is -2.30. The van der Waals surface area contributed by atoms with Crippen LogP contribution < -0.4 is 10.6 Å². The molecule has 170 valence electrons. The van der Waals surface area contributed by atoms with E-state index < -0.39 is 4.92 Å². The van der Waals surface area contributed by atoms with Crippen LogP contribution in [0.3, 0.4) is 0 Å². The predicted molar refractivity (Wildman–Crippen MR) is 119 cm³/mol. The number of piperidine rings is 1. The molecule has 3 rings (SSSR count). The van der Waals surface area contributed by atoms with Crippen molar-refractivity contribution in [1.82, 2.24) is 10.2 Å². The quantitative estimate of drug-likeness (QED) is 0.462. The van der Waals surface area contributed by atoms with Gasteiger partial charge in [0, 0.05) is 24.2 Å². The fourth-order valence-electron chi connectivity index (χ4n) is 3.65. The summed E-state index contributed by atoms with van der Waals surface area (Å²) in [6.07, 6.45) is 1.66. The minimum absolute atomic E-state index is 0.00208. The topological polar surface area (TPSA) is 105 Å². The number of rotatable bonds is 8. The van der Waals surface area contributed by atoms with Gasteiger partial charge in [0.25, 0.3) is 5.69 Å². The van der Waals surface area contributed by atoms with Crippen LogP contribution in [0.1, 0.15) is 18.4 Å². The van der Waals surface area contributed by atoms with Gasteiger partial charge in [0.15, 0.2) is 0 Å². The first-order valence-corrected chi connectivity index (χ1v) is 10.7. The van der Waals surface area contributed by atoms with Gasteiger partial charge in [0.1, 0.15) is 10.8 Å². The monoisotopic (exact) mass is 462 g/mol. The molecule has 10 heteroatoms. The summed E-state index contributed by atoms with van der Waals surface area (Å²) in [7, 11) is 0. The number of nitrogens with one attached hydrogen (secondary N) is 2. The van der Waals surface area contributed by atoms with Crippen molar-refractivity contribution in [1.29, 1.82) is 0 Å². The number of carbonyl (C=O) groups is 2. The molecule has 0 aromatic heterocycles. The van der Waals surface area contributed by atoms with Crippen molar-refractivity contribution in [3.8, 4) is 0 Å². The van der Waals surface area contributed by atoms with Gasteiger partial charge < -0.3 is 10.6 Å². The Bertz CT molecular complexity index is 996. The van der Waals surface area contributed by atoms with Gasteiger partial charge in [-0.2, -0.15) is 0 Å². The maximum Gasteiger partial charge on any atom is 0.289 e. The molecule has 0 radical (unpaired) electrons. The molecule has 2 N–H and O–H groups in total. The smallest absolute Gasteiger partial charge is 0.289 e. The van der Waals surface area contributed by atoms with Crippen LogP contribution in [0.5, 0.6) is 0 Å². The van der Waals surface area contributed by atoms with Crippen LogP contribution in [-0.4, -0.2) is 47.8 Å². The standard InChI is InChI=1S/C22H24ClFN4O4/c23-18-6-5-17(13-20(18)28(31)32)26-21(29)14-27-11-8-16(9-12-27)22(30)25-10-7-15-3-1-2-4-19(15)24/h1-6,13,16H,7-12,14H2,(H,25,30)(H,26,29). The molecular weight excluding hydrogens is 439 g/mol. The van der Waals surface area contributed by atoms with Gasteiger partial charge in [-0.1, -0.05) is 29.8 Å². The summed E-state index contributed by atoms with van der Waals surface area (Å²) in [6, 6.07) is 10.6. The number of benzene rings is 2. The third kappa shape index (κ3) is 6.48. The number of amides is 2. The van der Waals surface area contributed by atoms with Gasteiger partial charge in [-0.15, -0.1) is 0 Å². The first-order valence-electron chi connectivity index (χ1n) is 10.3. The molecule has 2 aromatic rings. The normalized spacial score (nSPS) is 14.7. The zero-order chi connectivity index (χ0) is 23.1. The highest BCUT2D eigenvalue weighted by Gasteiger charge is 2.26. The zero-order valence-corrected chi connectivity index (χ0v) is 18.1. The number of hydrogen-bond acceptors (Lipinski definition) is 5. The second-order valence-electron chi connectivity index (χ2n) is 7.65. The highest BCUT2D eigenvalue weighted by Crippen LogP contribution is 2.27. The summed E-state index contributed by atoms with van der Waals surface area (Å²) in [4.78, 5) is 37.0. The molecule has 2 amide bonds. The number of nitro groups is 1. The minimum Gasteiger partial charge on any atom is -0.356 e. The van der Waals surface area contributed by atoms with Gasteiger partial charge in [0.2, 0.25) is 11.8 Å². The lowest BCUT2D eigenvalue weighted by atomic mass is 9.96. The van der Waals surface area contributed by atoms with Crippen molar-refractivity contribution in [3.05, 3.63) is 69.0 Å². The van der Waals surface area contributed by atoms with Crippen LogP contribution in [-0.2, 0) is 16.0 Å². The summed E-state index contributed by atoms with van der Waals surface area (Å²) in [5.74, 6) is -0.774. The van der Waals surface area contributed by atoms with Crippen LogP contribution in [0.4, 0.5) is 15.8 Å². The summed E-state index contributed by atoms with van der Waals surface area (Å²) in [5, 5.41) is 16.5. The number of anilines is 1. The van der Waals surface area contributed by atoms with Crippen molar-refractivity contribution in [2.75, 3.05) is 31.5 Å². The first kappa shape index (κ1) is 23.6. The minimum atomic E-state index is -0.607. The van der Waals surface area contributed by atoms with Gasteiger partial charge in [0.05, 0.1) is 11.5 Å². The lowest BCUT2D eigenvalue weighted by molar-refractivity contribution is -0.384. The van der Waals surface area contributed by atoms with Crippen molar-refractivity contribution in [3.63, 3.8) is 0 Å². The van der Waals surface area contributed by atoms with Crippen LogP contribution in [0.15, 0.2) is 42.5 Å². The molecular formula is C22H24ClFN4O4. The second kappa shape index (κ2) is 11.0. The Balaban J connectivity index is 1.40. The second-order valence-corrected chi connectivity index (χ2v) is 8.06. The van der Waals surface area contributed by atoms with Gasteiger partial charge in [-0.05, 0) is 56.1 Å². The maximum absolute atomic E-state index is 13.6. The molecule has 8 nitrogen and oxygen atoms in total. The molecule has 0 unspecified atom stereocenters. The van der Waals surface area contributed by atoms with Crippen LogP contribution in [0, 0.1) is 21.8 Å². The molecule has 0 aliphatic carbocycles. The summed E-state index contributed by atoms with van der Waals surface area (Å²) in [5.41, 5.74) is 0.598. The van der Waals surface area contributed by atoms with E-state index in [9.17, 15) is 24.1 Å². The Kier molecular flexibility index (Phi) is 8.13. The molecule has 0 saturated carbocycles. The number of halogens is 2. The molecule has 0 spiro atoms. The fraction of sp³-hybridized carbons (Fsp3) is 0.364. The Labute approximate surface area is 189 Å². The van der Waals surface area contributed by atoms with E-state index in [1.54, 1.807) is 18.2 Å². The van der Waals surface area contributed by atoms with Crippen LogP contribution in [0.2, 0.25) is 5.02 Å². The van der Waals surface area contributed by atoms with Gasteiger partial charge >= 0.3 is 0 Å². The van der Waals surface area contributed by atoms with E-state index in [1.165, 1.54) is 24.3 Å². The third-order valence-corrected chi connectivity index (χ3v) is 5.72. The SMILES string of the molecule is O=C(CN1CCC(C(=O)NCCc2ccccc2F)CC1)Nc1ccc(Cl)c([N+](=O)[O-])c1. The Morgan fingerprint density at radius 1 is 1.19 bits per heavy atom. The van der Waals surface area contributed by atoms with Gasteiger partial charge in [-0.3, -0.25) is 24.6 Å². The Hall–Kier alpha value is -3.04.